The number of carboxylic acid groups (broad SMARTS) is 1. The molecule has 25 heavy (non-hydrogen) atoms. The number of carbonyl (C=O) groups excluding carboxylic acids is 2. The van der Waals surface area contributed by atoms with E-state index in [9.17, 15) is 19.5 Å². The third-order valence-electron chi connectivity index (χ3n) is 4.80. The lowest BCUT2D eigenvalue weighted by Gasteiger charge is -2.27. The van der Waals surface area contributed by atoms with Crippen LogP contribution in [0.5, 0.6) is 0 Å². The molecular formula is C19H26N2O4. The second-order valence-electron chi connectivity index (χ2n) is 6.69. The summed E-state index contributed by atoms with van der Waals surface area (Å²) >= 11 is 0. The van der Waals surface area contributed by atoms with Crippen molar-refractivity contribution in [1.29, 1.82) is 0 Å². The summed E-state index contributed by atoms with van der Waals surface area (Å²) in [5.41, 5.74) is 0.980. The van der Waals surface area contributed by atoms with Crippen molar-refractivity contribution in [3.8, 4) is 0 Å². The van der Waals surface area contributed by atoms with Crippen LogP contribution in [0.4, 0.5) is 5.69 Å². The molecule has 0 saturated heterocycles. The lowest BCUT2D eigenvalue weighted by Crippen LogP contribution is -2.36. The first-order valence-corrected chi connectivity index (χ1v) is 8.87. The van der Waals surface area contributed by atoms with Crippen LogP contribution in [-0.2, 0) is 9.59 Å². The summed E-state index contributed by atoms with van der Waals surface area (Å²) in [6, 6.07) is 6.79. The second kappa shape index (κ2) is 8.65. The lowest BCUT2D eigenvalue weighted by atomic mass is 9.78. The fourth-order valence-corrected chi connectivity index (χ4v) is 3.12. The SMILES string of the molecule is CC[C@H](C)NC(=O)c1cccc(NC(=O)[C@H]2CCCC[C@H]2C(=O)O)c1. The zero-order valence-electron chi connectivity index (χ0n) is 14.7. The van der Waals surface area contributed by atoms with Crippen LogP contribution in [0.25, 0.3) is 0 Å². The molecule has 0 aromatic heterocycles. The Morgan fingerprint density at radius 2 is 1.88 bits per heavy atom. The molecule has 6 heteroatoms. The van der Waals surface area contributed by atoms with Gasteiger partial charge in [0.25, 0.3) is 5.91 Å². The first kappa shape index (κ1) is 19.0. The van der Waals surface area contributed by atoms with Crippen molar-refractivity contribution in [3.63, 3.8) is 0 Å². The van der Waals surface area contributed by atoms with Crippen LogP contribution < -0.4 is 10.6 Å². The highest BCUT2D eigenvalue weighted by molar-refractivity contribution is 5.98. The molecule has 0 radical (unpaired) electrons. The maximum Gasteiger partial charge on any atom is 0.307 e. The minimum atomic E-state index is -0.915. The number of amides is 2. The smallest absolute Gasteiger partial charge is 0.307 e. The molecule has 1 fully saturated rings. The van der Waals surface area contributed by atoms with Gasteiger partial charge in [0.05, 0.1) is 11.8 Å². The van der Waals surface area contributed by atoms with Crippen LogP contribution in [-0.4, -0.2) is 28.9 Å². The molecular weight excluding hydrogens is 320 g/mol. The molecule has 0 heterocycles. The van der Waals surface area contributed by atoms with Crippen LogP contribution in [0.15, 0.2) is 24.3 Å². The predicted octanol–water partition coefficient (Wildman–Crippen LogP) is 3.04. The number of carbonyl (C=O) groups is 3. The highest BCUT2D eigenvalue weighted by Gasteiger charge is 2.35. The Morgan fingerprint density at radius 3 is 2.52 bits per heavy atom. The molecule has 0 unspecified atom stereocenters. The number of hydrogen-bond acceptors (Lipinski definition) is 3. The van der Waals surface area contributed by atoms with E-state index in [0.717, 1.165) is 19.3 Å². The molecule has 0 spiro atoms. The molecule has 2 rings (SSSR count). The standard InChI is InChI=1S/C19H26N2O4/c1-3-12(2)20-17(22)13-7-6-8-14(11-13)21-18(23)15-9-4-5-10-16(15)19(24)25/h6-8,11-12,15-16H,3-5,9-10H2,1-2H3,(H,20,22)(H,21,23)(H,24,25)/t12-,15-,16+/m0/s1. The zero-order valence-corrected chi connectivity index (χ0v) is 14.7. The molecule has 1 aromatic rings. The monoisotopic (exact) mass is 346 g/mol. The summed E-state index contributed by atoms with van der Waals surface area (Å²) < 4.78 is 0. The van der Waals surface area contributed by atoms with Crippen molar-refractivity contribution >= 4 is 23.5 Å². The first-order chi connectivity index (χ1) is 11.9. The van der Waals surface area contributed by atoms with Crippen LogP contribution in [0.3, 0.4) is 0 Å². The number of carboxylic acids is 1. The van der Waals surface area contributed by atoms with Crippen molar-refractivity contribution in [2.45, 2.75) is 52.0 Å². The van der Waals surface area contributed by atoms with Gasteiger partial charge in [0.2, 0.25) is 5.91 Å². The largest absolute Gasteiger partial charge is 0.481 e. The fraction of sp³-hybridized carbons (Fsp3) is 0.526. The maximum atomic E-state index is 12.5. The van der Waals surface area contributed by atoms with Crippen molar-refractivity contribution in [2.75, 3.05) is 5.32 Å². The highest BCUT2D eigenvalue weighted by Crippen LogP contribution is 2.31. The Bertz CT molecular complexity index is 644. The molecule has 3 N–H and O–H groups in total. The summed E-state index contributed by atoms with van der Waals surface area (Å²) in [6.45, 7) is 3.92. The van der Waals surface area contributed by atoms with Crippen LogP contribution in [0, 0.1) is 11.8 Å². The van der Waals surface area contributed by atoms with E-state index in [4.69, 9.17) is 0 Å². The van der Waals surface area contributed by atoms with E-state index in [1.165, 1.54) is 0 Å². The zero-order chi connectivity index (χ0) is 18.4. The number of nitrogens with one attached hydrogen (secondary N) is 2. The van der Waals surface area contributed by atoms with Crippen molar-refractivity contribution in [1.82, 2.24) is 5.32 Å². The van der Waals surface area contributed by atoms with Gasteiger partial charge >= 0.3 is 5.97 Å². The van der Waals surface area contributed by atoms with Gasteiger partial charge in [-0.25, -0.2) is 0 Å². The van der Waals surface area contributed by atoms with Crippen molar-refractivity contribution < 1.29 is 19.5 Å². The Hall–Kier alpha value is -2.37. The minimum Gasteiger partial charge on any atom is -0.481 e. The van der Waals surface area contributed by atoms with Gasteiger partial charge in [0, 0.05) is 17.3 Å². The van der Waals surface area contributed by atoms with Gasteiger partial charge < -0.3 is 15.7 Å². The number of rotatable bonds is 6. The normalized spacial score (nSPS) is 21.2. The van der Waals surface area contributed by atoms with Crippen LogP contribution in [0.2, 0.25) is 0 Å². The Morgan fingerprint density at radius 1 is 1.20 bits per heavy atom. The summed E-state index contributed by atoms with van der Waals surface area (Å²) in [5, 5.41) is 15.0. The average molecular weight is 346 g/mol. The molecule has 0 bridgehead atoms. The Balaban J connectivity index is 2.07. The van der Waals surface area contributed by atoms with Gasteiger partial charge in [0.15, 0.2) is 0 Å². The minimum absolute atomic E-state index is 0.0734. The predicted molar refractivity (Wildman–Crippen MR) is 95.4 cm³/mol. The van der Waals surface area contributed by atoms with Crippen molar-refractivity contribution in [3.05, 3.63) is 29.8 Å². The molecule has 1 aromatic carbocycles. The summed E-state index contributed by atoms with van der Waals surface area (Å²) in [6.07, 6.45) is 3.65. The number of anilines is 1. The first-order valence-electron chi connectivity index (χ1n) is 8.87. The quantitative estimate of drug-likeness (QED) is 0.738. The number of aliphatic carboxylic acids is 1. The lowest BCUT2D eigenvalue weighted by molar-refractivity contribution is -0.147. The third kappa shape index (κ3) is 5.05. The van der Waals surface area contributed by atoms with E-state index < -0.39 is 17.8 Å². The summed E-state index contributed by atoms with van der Waals surface area (Å²) in [7, 11) is 0. The molecule has 136 valence electrons. The van der Waals surface area contributed by atoms with Gasteiger partial charge in [-0.3, -0.25) is 14.4 Å². The van der Waals surface area contributed by atoms with E-state index in [1.54, 1.807) is 24.3 Å². The molecule has 1 aliphatic rings. The molecule has 2 amide bonds. The summed E-state index contributed by atoms with van der Waals surface area (Å²) in [4.78, 5) is 36.1. The number of benzene rings is 1. The molecule has 1 aliphatic carbocycles. The van der Waals surface area contributed by atoms with Gasteiger partial charge in [0.1, 0.15) is 0 Å². The highest BCUT2D eigenvalue weighted by atomic mass is 16.4. The molecule has 3 atom stereocenters. The molecule has 1 saturated carbocycles. The Labute approximate surface area is 148 Å². The van der Waals surface area contributed by atoms with Gasteiger partial charge in [-0.2, -0.15) is 0 Å². The maximum absolute atomic E-state index is 12.5. The van der Waals surface area contributed by atoms with Crippen LogP contribution in [0.1, 0.15) is 56.3 Å². The fourth-order valence-electron chi connectivity index (χ4n) is 3.12. The summed E-state index contributed by atoms with van der Waals surface area (Å²) in [5.74, 6) is -2.55. The van der Waals surface area contributed by atoms with Crippen LogP contribution >= 0.6 is 0 Å². The number of hydrogen-bond donors (Lipinski definition) is 3. The third-order valence-corrected chi connectivity index (χ3v) is 4.80. The van der Waals surface area contributed by atoms with Crippen molar-refractivity contribution in [2.24, 2.45) is 11.8 Å². The van der Waals surface area contributed by atoms with E-state index in [0.29, 0.717) is 24.1 Å². The molecule has 6 nitrogen and oxygen atoms in total. The van der Waals surface area contributed by atoms with Gasteiger partial charge in [-0.15, -0.1) is 0 Å². The second-order valence-corrected chi connectivity index (χ2v) is 6.69. The van der Waals surface area contributed by atoms with Gasteiger partial charge in [-0.05, 0) is 44.4 Å². The van der Waals surface area contributed by atoms with E-state index in [-0.39, 0.29) is 17.9 Å². The van der Waals surface area contributed by atoms with E-state index in [1.807, 2.05) is 13.8 Å². The Kier molecular flexibility index (Phi) is 6.56. The average Bonchev–Trinajstić information content (AvgIpc) is 2.61. The van der Waals surface area contributed by atoms with E-state index >= 15 is 0 Å². The van der Waals surface area contributed by atoms with Gasteiger partial charge in [-0.1, -0.05) is 25.8 Å². The molecule has 0 aliphatic heterocycles. The topological polar surface area (TPSA) is 95.5 Å². The van der Waals surface area contributed by atoms with E-state index in [2.05, 4.69) is 10.6 Å².